The largest absolute Gasteiger partial charge is 0.480 e. The van der Waals surface area contributed by atoms with Crippen molar-refractivity contribution in [2.45, 2.75) is 158 Å². The normalized spacial score (nSPS) is 15.9. The summed E-state index contributed by atoms with van der Waals surface area (Å²) in [4.78, 5) is 164. The van der Waals surface area contributed by atoms with Crippen molar-refractivity contribution < 1.29 is 77.9 Å². The molecule has 33 heteroatoms. The number of guanidine groups is 1. The predicted octanol–water partition coefficient (Wildman–Crippen LogP) is 0.344. The third-order valence-corrected chi connectivity index (χ3v) is 20.6. The third-order valence-electron chi connectivity index (χ3n) is 20.3. The number of carboxylic acid groups (broad SMARTS) is 1. The number of benzene rings is 6. The molecular formula is C84H111ClN16O16. The van der Waals surface area contributed by atoms with E-state index in [1.54, 1.807) is 105 Å². The summed E-state index contributed by atoms with van der Waals surface area (Å²) in [5, 5.41) is 77.8. The minimum absolute atomic E-state index is 0.000331. The highest BCUT2D eigenvalue weighted by Gasteiger charge is 2.41. The summed E-state index contributed by atoms with van der Waals surface area (Å²) in [5.41, 5.74) is 15.5. The van der Waals surface area contributed by atoms with E-state index in [1.807, 2.05) is 59.5 Å². The molecule has 32 nitrogen and oxygen atoms in total. The lowest BCUT2D eigenvalue weighted by Gasteiger charge is -2.31. The van der Waals surface area contributed by atoms with Crippen molar-refractivity contribution in [1.29, 1.82) is 5.41 Å². The Morgan fingerprint density at radius 1 is 0.538 bits per heavy atom. The summed E-state index contributed by atoms with van der Waals surface area (Å²) in [6.45, 7) is 7.17. The number of halogens is 1. The number of nitrogens with zero attached hydrogens (tertiary/aromatic N) is 3. The van der Waals surface area contributed by atoms with Crippen LogP contribution in [0.3, 0.4) is 0 Å². The summed E-state index contributed by atoms with van der Waals surface area (Å²) >= 11 is 6.29. The van der Waals surface area contributed by atoms with Crippen LogP contribution in [-0.4, -0.2) is 245 Å². The number of carbonyl (C=O) groups excluding carboxylic acids is 10. The van der Waals surface area contributed by atoms with E-state index < -0.39 is 139 Å². The zero-order chi connectivity index (χ0) is 84.5. The fraction of sp³-hybridized carbons (Fsp3) is 0.452. The lowest BCUT2D eigenvalue weighted by molar-refractivity contribution is -0.142. The van der Waals surface area contributed by atoms with E-state index in [4.69, 9.17) is 33.2 Å². The van der Waals surface area contributed by atoms with Gasteiger partial charge in [0.15, 0.2) is 5.96 Å². The van der Waals surface area contributed by atoms with Crippen LogP contribution in [0.5, 0.6) is 0 Å². The second-order valence-corrected chi connectivity index (χ2v) is 30.3. The summed E-state index contributed by atoms with van der Waals surface area (Å²) in [5.74, 6) is -10.2. The van der Waals surface area contributed by atoms with Gasteiger partial charge in [-0.1, -0.05) is 159 Å². The number of aliphatic hydroxyl groups is 3. The highest BCUT2D eigenvalue weighted by molar-refractivity contribution is 6.30. The van der Waals surface area contributed by atoms with Crippen LogP contribution in [0.15, 0.2) is 146 Å². The maximum absolute atomic E-state index is 15.6. The van der Waals surface area contributed by atoms with Gasteiger partial charge in [0.2, 0.25) is 59.1 Å². The van der Waals surface area contributed by atoms with Crippen molar-refractivity contribution in [2.24, 2.45) is 17.4 Å². The highest BCUT2D eigenvalue weighted by atomic mass is 35.5. The number of nitrogens with two attached hydrogens (primary N) is 2. The smallest absolute Gasteiger partial charge is 0.317 e. The first kappa shape index (κ1) is 91.6. The molecular weight excluding hydrogens is 1520 g/mol. The molecule has 8 rings (SSSR count). The Labute approximate surface area is 685 Å². The average Bonchev–Trinajstić information content (AvgIpc) is 1.28. The van der Waals surface area contributed by atoms with E-state index in [0.29, 0.717) is 78.7 Å². The van der Waals surface area contributed by atoms with Gasteiger partial charge in [0, 0.05) is 83.1 Å². The number of hydrogen-bond acceptors (Lipinski definition) is 19. The van der Waals surface area contributed by atoms with Crippen LogP contribution < -0.4 is 64.6 Å². The van der Waals surface area contributed by atoms with Crippen LogP contribution in [0.2, 0.25) is 5.02 Å². The lowest BCUT2D eigenvalue weighted by Crippen LogP contribution is -2.62. The molecule has 2 aliphatic rings. The molecule has 2 saturated heterocycles. The number of carbonyl (C=O) groups is 11. The van der Waals surface area contributed by atoms with Crippen LogP contribution in [0.4, 0.5) is 0 Å². The minimum Gasteiger partial charge on any atom is -0.480 e. The Morgan fingerprint density at radius 2 is 1.01 bits per heavy atom. The van der Waals surface area contributed by atoms with Gasteiger partial charge in [-0.2, -0.15) is 0 Å². The average molecular weight is 1640 g/mol. The zero-order valence-corrected chi connectivity index (χ0v) is 67.0. The topological polar surface area (TPSA) is 484 Å². The van der Waals surface area contributed by atoms with Gasteiger partial charge < -0.3 is 89.4 Å². The van der Waals surface area contributed by atoms with Crippen LogP contribution in [0.1, 0.15) is 91.8 Å². The van der Waals surface area contributed by atoms with E-state index in [9.17, 15) is 49.2 Å². The molecule has 0 saturated carbocycles. The molecule has 0 spiro atoms. The third kappa shape index (κ3) is 29.6. The molecule has 117 heavy (non-hydrogen) atoms. The number of morpholine rings is 1. The molecule has 0 aliphatic carbocycles. The Balaban J connectivity index is 1.10. The highest BCUT2D eigenvalue weighted by Crippen LogP contribution is 2.24. The molecule has 19 N–H and O–H groups in total. The second kappa shape index (κ2) is 46.7. The number of aliphatic hydroxyl groups excluding tert-OH is 3. The monoisotopic (exact) mass is 1630 g/mol. The molecule has 0 aromatic heterocycles. The van der Waals surface area contributed by atoms with Crippen LogP contribution in [0.25, 0.3) is 10.8 Å². The van der Waals surface area contributed by atoms with Crippen LogP contribution in [-0.2, 0) is 103 Å². The fourth-order valence-corrected chi connectivity index (χ4v) is 14.2. The van der Waals surface area contributed by atoms with E-state index >= 15 is 24.0 Å². The van der Waals surface area contributed by atoms with Crippen LogP contribution >= 0.6 is 11.6 Å². The van der Waals surface area contributed by atoms with Crippen molar-refractivity contribution in [3.8, 4) is 0 Å². The van der Waals surface area contributed by atoms with E-state index in [-0.39, 0.29) is 109 Å². The molecule has 6 aromatic rings. The maximum Gasteiger partial charge on any atom is 0.317 e. The van der Waals surface area contributed by atoms with Gasteiger partial charge in [-0.05, 0) is 113 Å². The molecule has 630 valence electrons. The standard InChI is InChI=1S/C84H111ClN16O16/c1-52(2)42-66(76(109)92-64(18-10-32-89-84(87)88)83(116)101-33-11-19-72(101)82(115)91-53(3)74(86)107)93-77(110)69(44-55-22-26-59(27-23-55)50-100-36-40-117-41-37-100)96-79(112)70(45-56-20-24-58(25-21-56)49-99(34-38-102)35-39-103)97-81(114)71(51-104)98-80(113)67(43-54-12-5-4-6-13-54)95-78(111)68(46-57-28-30-62(85)31-29-57)94-75(108)65(90-48-73(105)106)47-61-16-9-15-60-14-7-8-17-63(60)61/h4-9,12-17,20-31,52-53,64-72,90,102-104H,10-11,18-19,32-51H2,1-3H3,(H2,86,107)(H,91,115)(H,92,109)(H,93,110)(H,94,108)(H,95,111)(H,96,112)(H,97,114)(H,98,113)(H,105,106)(H4,87,88,89)/t53-,64+,65-,66+,67-,68-,69-,70+,71+,72+/m1/s1. The Morgan fingerprint density at radius 3 is 1.54 bits per heavy atom. The van der Waals surface area contributed by atoms with Gasteiger partial charge in [0.05, 0.1) is 45.6 Å². The Hall–Kier alpha value is -11.0. The number of primary amides is 1. The predicted molar refractivity (Wildman–Crippen MR) is 439 cm³/mol. The Bertz CT molecular complexity index is 4300. The van der Waals surface area contributed by atoms with Crippen molar-refractivity contribution in [3.63, 3.8) is 0 Å². The van der Waals surface area contributed by atoms with Gasteiger partial charge in [-0.3, -0.25) is 73.3 Å². The van der Waals surface area contributed by atoms with Crippen molar-refractivity contribution >= 4 is 93.4 Å². The first-order chi connectivity index (χ1) is 56.2. The van der Waals surface area contributed by atoms with E-state index in [1.165, 1.54) is 11.8 Å². The number of carboxylic acids is 1. The molecule has 10 amide bonds. The fourth-order valence-electron chi connectivity index (χ4n) is 14.0. The molecule has 0 bridgehead atoms. The van der Waals surface area contributed by atoms with E-state index in [2.05, 4.69) is 58.1 Å². The zero-order valence-electron chi connectivity index (χ0n) is 66.2. The Kier molecular flexibility index (Phi) is 36.5. The number of hydrogen-bond donors (Lipinski definition) is 17. The quantitative estimate of drug-likeness (QED) is 0.0139. The molecule has 2 aliphatic heterocycles. The maximum atomic E-state index is 15.6. The molecule has 0 unspecified atom stereocenters. The number of rotatable bonds is 46. The molecule has 10 atom stereocenters. The molecule has 2 fully saturated rings. The summed E-state index contributed by atoms with van der Waals surface area (Å²) < 4.78 is 5.56. The first-order valence-electron chi connectivity index (χ1n) is 39.5. The number of aliphatic carboxylic acids is 1. The number of ether oxygens (including phenoxy) is 1. The van der Waals surface area contributed by atoms with Gasteiger partial charge in [-0.25, -0.2) is 0 Å². The second-order valence-electron chi connectivity index (χ2n) is 29.9. The van der Waals surface area contributed by atoms with Crippen LogP contribution in [0, 0.1) is 11.3 Å². The van der Waals surface area contributed by atoms with Crippen molar-refractivity contribution in [2.75, 3.05) is 78.8 Å². The summed E-state index contributed by atoms with van der Waals surface area (Å²) in [7, 11) is 0. The molecule has 2 heterocycles. The van der Waals surface area contributed by atoms with Gasteiger partial charge in [0.25, 0.3) is 0 Å². The van der Waals surface area contributed by atoms with Gasteiger partial charge in [0.1, 0.15) is 54.4 Å². The number of nitrogens with one attached hydrogen (secondary N) is 11. The summed E-state index contributed by atoms with van der Waals surface area (Å²) in [6, 6.07) is 28.3. The number of fused-ring (bicyclic) bond motifs is 1. The number of likely N-dealkylation sites (tertiary alicyclic amines) is 1. The first-order valence-corrected chi connectivity index (χ1v) is 39.9. The number of amides is 10. The van der Waals surface area contributed by atoms with E-state index in [0.717, 1.165) is 21.9 Å². The lowest BCUT2D eigenvalue weighted by atomic mass is 9.97. The molecule has 6 aromatic carbocycles. The summed E-state index contributed by atoms with van der Waals surface area (Å²) in [6.07, 6.45) is -0.0379. The van der Waals surface area contributed by atoms with Crippen molar-refractivity contribution in [1.82, 2.24) is 67.9 Å². The van der Waals surface area contributed by atoms with Gasteiger partial charge >= 0.3 is 5.97 Å². The van der Waals surface area contributed by atoms with Crippen molar-refractivity contribution in [3.05, 3.63) is 190 Å². The van der Waals surface area contributed by atoms with Gasteiger partial charge in [-0.15, -0.1) is 0 Å². The molecule has 0 radical (unpaired) electrons. The SMILES string of the molecule is CC(C)C[C@H](NC(=O)[C@@H](Cc1ccc(CN2CCOCC2)cc1)NC(=O)[C@H](Cc1ccc(CN(CCO)CCO)cc1)NC(=O)[C@H](CO)NC(=O)[C@@H](Cc1ccccc1)NC(=O)[C@@H](Cc1ccc(Cl)cc1)NC(=O)[C@@H](Cc1cccc2ccccc12)NCC(=O)O)C(=O)N[C@@H](CCCNC(=N)N)C(=O)N1CCC[C@H]1C(=O)N[C@H](C)C(N)=O. The minimum atomic E-state index is -1.85.